The normalized spacial score (nSPS) is 22.1. The molecule has 8 nitrogen and oxygen atoms in total. The summed E-state index contributed by atoms with van der Waals surface area (Å²) in [5.41, 5.74) is 1.00. The van der Waals surface area contributed by atoms with Crippen molar-refractivity contribution in [1.82, 2.24) is 4.72 Å². The second-order valence-electron chi connectivity index (χ2n) is 12.2. The van der Waals surface area contributed by atoms with Gasteiger partial charge in [-0.15, -0.1) is 11.8 Å². The minimum Gasteiger partial charge on any atom is -0.508 e. The molecular formula is C31H41NO7S2. The molecule has 2 aromatic carbocycles. The van der Waals surface area contributed by atoms with Crippen LogP contribution in [0.3, 0.4) is 0 Å². The Hall–Kier alpha value is -2.56. The molecule has 0 amide bonds. The molecule has 2 fully saturated rings. The van der Waals surface area contributed by atoms with Gasteiger partial charge in [-0.25, -0.2) is 0 Å². The predicted molar refractivity (Wildman–Crippen MR) is 160 cm³/mol. The average molecular weight is 604 g/mol. The van der Waals surface area contributed by atoms with Crippen molar-refractivity contribution in [3.05, 3.63) is 53.1 Å². The van der Waals surface area contributed by atoms with E-state index in [1.807, 2.05) is 26.8 Å². The maximum Gasteiger partial charge on any atom is 0.382 e. The van der Waals surface area contributed by atoms with E-state index in [0.717, 1.165) is 36.8 Å². The number of phenolic OH excluding ortho intramolecular Hbond substituents is 1. The first-order valence-corrected chi connectivity index (χ1v) is 16.6. The second kappa shape index (κ2) is 12.4. The van der Waals surface area contributed by atoms with E-state index in [9.17, 15) is 23.1 Å². The van der Waals surface area contributed by atoms with E-state index in [2.05, 4.69) is 4.72 Å². The molecule has 1 aliphatic carbocycles. The lowest BCUT2D eigenvalue weighted by Crippen LogP contribution is -2.53. The standard InChI is InChI=1S/C31H41NO7S2/c1-6-32-41(36,37)39-26-18-24(30(3,4)5)27(16-20(26)2)40-28-25(34)19-31(38-29(28)35,22-11-7-8-12-22)15-14-21-10-9-13-23(33)17-21/h9-10,13,16-18,22,28,32-33H,6-8,11-12,14-15,19H2,1-5H3. The molecule has 10 heteroatoms. The molecule has 1 saturated carbocycles. The number of cyclic esters (lactones) is 1. The quantitative estimate of drug-likeness (QED) is 0.260. The van der Waals surface area contributed by atoms with Crippen LogP contribution in [0.2, 0.25) is 0 Å². The molecule has 1 saturated heterocycles. The molecule has 2 unspecified atom stereocenters. The van der Waals surface area contributed by atoms with Crippen LogP contribution in [0, 0.1) is 12.8 Å². The van der Waals surface area contributed by atoms with Gasteiger partial charge < -0.3 is 14.0 Å². The molecular weight excluding hydrogens is 562 g/mol. The van der Waals surface area contributed by atoms with Crippen molar-refractivity contribution >= 4 is 33.8 Å². The number of rotatable bonds is 10. The minimum atomic E-state index is -3.98. The van der Waals surface area contributed by atoms with E-state index in [1.165, 1.54) is 11.8 Å². The molecule has 0 aromatic heterocycles. The number of nitrogens with one attached hydrogen (secondary N) is 1. The van der Waals surface area contributed by atoms with Gasteiger partial charge in [-0.05, 0) is 84.9 Å². The third-order valence-corrected chi connectivity index (χ3v) is 10.3. The summed E-state index contributed by atoms with van der Waals surface area (Å²) in [5.74, 6) is -0.166. The third kappa shape index (κ3) is 7.45. The number of benzene rings is 2. The van der Waals surface area contributed by atoms with Gasteiger partial charge in [0.05, 0.1) is 0 Å². The third-order valence-electron chi connectivity index (χ3n) is 7.98. The van der Waals surface area contributed by atoms with Crippen LogP contribution in [0.1, 0.15) is 82.9 Å². The molecule has 2 aliphatic rings. The number of hydrogen-bond acceptors (Lipinski definition) is 8. The molecule has 2 atom stereocenters. The largest absolute Gasteiger partial charge is 0.508 e. The average Bonchev–Trinajstić information content (AvgIpc) is 3.42. The maximum absolute atomic E-state index is 13.7. The highest BCUT2D eigenvalue weighted by atomic mass is 32.2. The number of thioether (sulfide) groups is 1. The summed E-state index contributed by atoms with van der Waals surface area (Å²) in [5, 5.41) is 8.89. The van der Waals surface area contributed by atoms with Crippen LogP contribution in [0.4, 0.5) is 0 Å². The zero-order chi connectivity index (χ0) is 30.0. The lowest BCUT2D eigenvalue weighted by Gasteiger charge is -2.43. The van der Waals surface area contributed by atoms with Crippen molar-refractivity contribution in [2.45, 2.75) is 101 Å². The Morgan fingerprint density at radius 2 is 1.85 bits per heavy atom. The van der Waals surface area contributed by atoms with Crippen LogP contribution >= 0.6 is 11.8 Å². The highest BCUT2D eigenvalue weighted by Crippen LogP contribution is 2.47. The number of phenols is 1. The lowest BCUT2D eigenvalue weighted by molar-refractivity contribution is -0.177. The van der Waals surface area contributed by atoms with E-state index in [-0.39, 0.29) is 36.2 Å². The van der Waals surface area contributed by atoms with Crippen molar-refractivity contribution in [3.63, 3.8) is 0 Å². The summed E-state index contributed by atoms with van der Waals surface area (Å²) < 4.78 is 38.5. The molecule has 0 bridgehead atoms. The number of aryl methyl sites for hydroxylation is 2. The zero-order valence-corrected chi connectivity index (χ0v) is 26.1. The van der Waals surface area contributed by atoms with Crippen molar-refractivity contribution in [2.75, 3.05) is 6.54 Å². The van der Waals surface area contributed by atoms with Gasteiger partial charge >= 0.3 is 16.3 Å². The zero-order valence-electron chi connectivity index (χ0n) is 24.5. The summed E-state index contributed by atoms with van der Waals surface area (Å²) in [7, 11) is -3.98. The van der Waals surface area contributed by atoms with Gasteiger partial charge in [0.1, 0.15) is 17.1 Å². The number of ketones is 1. The van der Waals surface area contributed by atoms with Gasteiger partial charge in [0.15, 0.2) is 11.0 Å². The van der Waals surface area contributed by atoms with Crippen molar-refractivity contribution in [3.8, 4) is 11.5 Å². The van der Waals surface area contributed by atoms with Crippen LogP contribution in [0.5, 0.6) is 11.5 Å². The summed E-state index contributed by atoms with van der Waals surface area (Å²) in [4.78, 5) is 28.1. The van der Waals surface area contributed by atoms with Crippen LogP contribution in [0.15, 0.2) is 41.3 Å². The molecule has 0 spiro atoms. The van der Waals surface area contributed by atoms with Gasteiger partial charge in [0.2, 0.25) is 0 Å². The number of aromatic hydroxyl groups is 1. The number of Topliss-reactive ketones (excluding diaryl/α,β-unsaturated/α-hetero) is 1. The van der Waals surface area contributed by atoms with Gasteiger partial charge in [-0.1, -0.05) is 52.7 Å². The molecule has 224 valence electrons. The van der Waals surface area contributed by atoms with Crippen LogP contribution in [-0.2, 0) is 36.5 Å². The maximum atomic E-state index is 13.7. The summed E-state index contributed by atoms with van der Waals surface area (Å²) in [6.07, 6.45) is 5.21. The molecule has 41 heavy (non-hydrogen) atoms. The smallest absolute Gasteiger partial charge is 0.382 e. The van der Waals surface area contributed by atoms with Crippen LogP contribution < -0.4 is 8.91 Å². The number of carbonyl (C=O) groups excluding carboxylic acids is 2. The highest BCUT2D eigenvalue weighted by molar-refractivity contribution is 8.01. The monoisotopic (exact) mass is 603 g/mol. The minimum absolute atomic E-state index is 0.126. The first-order valence-electron chi connectivity index (χ1n) is 14.3. The Morgan fingerprint density at radius 3 is 2.46 bits per heavy atom. The molecule has 4 rings (SSSR count). The van der Waals surface area contributed by atoms with E-state index in [0.29, 0.717) is 23.3 Å². The van der Waals surface area contributed by atoms with Gasteiger partial charge in [0.25, 0.3) is 0 Å². The SMILES string of the molecule is CCNS(=O)(=O)Oc1cc(C(C)(C)C)c(SC2C(=O)CC(CCc3cccc(O)c3)(C3CCCC3)OC2=O)cc1C. The molecule has 1 aliphatic heterocycles. The number of carbonyl (C=O) groups is 2. The first-order chi connectivity index (χ1) is 19.2. The Labute approximate surface area is 247 Å². The fraction of sp³-hybridized carbons (Fsp3) is 0.548. The fourth-order valence-corrected chi connectivity index (χ4v) is 8.08. The number of esters is 1. The Bertz CT molecular complexity index is 1370. The molecule has 1 heterocycles. The number of hydrogen-bond donors (Lipinski definition) is 2. The van der Waals surface area contributed by atoms with Gasteiger partial charge in [-0.2, -0.15) is 13.1 Å². The first kappa shape index (κ1) is 31.4. The van der Waals surface area contributed by atoms with Crippen LogP contribution in [-0.4, -0.2) is 42.7 Å². The predicted octanol–water partition coefficient (Wildman–Crippen LogP) is 5.77. The van der Waals surface area contributed by atoms with Gasteiger partial charge in [-0.3, -0.25) is 9.59 Å². The van der Waals surface area contributed by atoms with Crippen molar-refractivity contribution in [2.24, 2.45) is 5.92 Å². The fourth-order valence-electron chi connectivity index (χ4n) is 5.90. The molecule has 0 radical (unpaired) electrons. The Morgan fingerprint density at radius 1 is 1.15 bits per heavy atom. The van der Waals surface area contributed by atoms with E-state index >= 15 is 0 Å². The second-order valence-corrected chi connectivity index (χ2v) is 14.7. The summed E-state index contributed by atoms with van der Waals surface area (Å²) >= 11 is 1.17. The van der Waals surface area contributed by atoms with Crippen LogP contribution in [0.25, 0.3) is 0 Å². The lowest BCUT2D eigenvalue weighted by atomic mass is 9.76. The van der Waals surface area contributed by atoms with Crippen molar-refractivity contribution < 1.29 is 32.0 Å². The number of ether oxygens (including phenoxy) is 1. The topological polar surface area (TPSA) is 119 Å². The summed E-state index contributed by atoms with van der Waals surface area (Å²) in [6.45, 7) is 9.56. The van der Waals surface area contributed by atoms with E-state index in [4.69, 9.17) is 8.92 Å². The Kier molecular flexibility index (Phi) is 9.45. The Balaban J connectivity index is 1.60. The van der Waals surface area contributed by atoms with Gasteiger partial charge in [0, 0.05) is 17.9 Å². The molecule has 2 N–H and O–H groups in total. The summed E-state index contributed by atoms with van der Waals surface area (Å²) in [6, 6.07) is 10.5. The van der Waals surface area contributed by atoms with E-state index < -0.39 is 32.5 Å². The van der Waals surface area contributed by atoms with Crippen molar-refractivity contribution in [1.29, 1.82) is 0 Å². The highest BCUT2D eigenvalue weighted by Gasteiger charge is 2.52. The molecule has 2 aromatic rings. The van der Waals surface area contributed by atoms with E-state index in [1.54, 1.807) is 44.2 Å².